The summed E-state index contributed by atoms with van der Waals surface area (Å²) in [5, 5.41) is 18.2. The van der Waals surface area contributed by atoms with Crippen molar-refractivity contribution in [2.24, 2.45) is 0 Å². The lowest BCUT2D eigenvalue weighted by Gasteiger charge is -2.22. The molecule has 1 aliphatic heterocycles. The molecule has 0 spiro atoms. The number of piperidine rings is 1. The van der Waals surface area contributed by atoms with E-state index in [4.69, 9.17) is 19.8 Å². The third kappa shape index (κ3) is 9.31. The molecule has 0 saturated carbocycles. The highest BCUT2D eigenvalue weighted by Gasteiger charge is 2.11. The van der Waals surface area contributed by atoms with Crippen molar-refractivity contribution in [3.05, 3.63) is 0 Å². The van der Waals surface area contributed by atoms with Crippen LogP contribution in [0.5, 0.6) is 0 Å². The molecule has 1 heterocycles. The van der Waals surface area contributed by atoms with Crippen molar-refractivity contribution in [2.45, 2.75) is 31.7 Å². The van der Waals surface area contributed by atoms with Crippen LogP contribution in [0.1, 0.15) is 25.7 Å². The predicted octanol–water partition coefficient (Wildman–Crippen LogP) is -0.153. The number of nitrogens with one attached hydrogen (secondary N) is 1. The van der Waals surface area contributed by atoms with E-state index < -0.39 is 11.9 Å². The number of ether oxygens (including phenoxy) is 1. The van der Waals surface area contributed by atoms with Crippen LogP contribution in [0.3, 0.4) is 0 Å². The van der Waals surface area contributed by atoms with E-state index in [0.29, 0.717) is 19.1 Å². The molecule has 0 aromatic carbocycles. The molecule has 7 nitrogen and oxygen atoms in total. The van der Waals surface area contributed by atoms with Gasteiger partial charge in [0.2, 0.25) is 0 Å². The Morgan fingerprint density at radius 3 is 2.35 bits per heavy atom. The minimum Gasteiger partial charge on any atom is -0.473 e. The third-order valence-electron chi connectivity index (χ3n) is 2.25. The molecule has 3 N–H and O–H groups in total. The highest BCUT2D eigenvalue weighted by atomic mass is 16.5. The maximum atomic E-state index is 9.80. The molecular weight excluding hydrogens is 230 g/mol. The molecule has 1 atom stereocenters. The molecule has 0 aromatic heterocycles. The Morgan fingerprint density at radius 2 is 1.94 bits per heavy atom. The van der Waals surface area contributed by atoms with E-state index in [2.05, 4.69) is 10.1 Å². The minimum absolute atomic E-state index is 0.517. The fourth-order valence-corrected chi connectivity index (χ4v) is 1.43. The Bertz CT molecular complexity index is 237. The second-order valence-electron chi connectivity index (χ2n) is 3.51. The first kappa shape index (κ1) is 15.4. The van der Waals surface area contributed by atoms with E-state index >= 15 is 0 Å². The fraction of sp³-hybridized carbons (Fsp3) is 0.700. The van der Waals surface area contributed by atoms with Gasteiger partial charge < -0.3 is 20.3 Å². The molecule has 0 bridgehead atoms. The molecule has 1 unspecified atom stereocenters. The van der Waals surface area contributed by atoms with Crippen LogP contribution in [0.25, 0.3) is 0 Å². The fourth-order valence-electron chi connectivity index (χ4n) is 1.43. The maximum absolute atomic E-state index is 9.80. The summed E-state index contributed by atoms with van der Waals surface area (Å²) in [7, 11) is 0. The molecule has 0 radical (unpaired) electrons. The van der Waals surface area contributed by atoms with Crippen molar-refractivity contribution < 1.29 is 29.3 Å². The van der Waals surface area contributed by atoms with Crippen molar-refractivity contribution >= 4 is 18.4 Å². The van der Waals surface area contributed by atoms with E-state index in [-0.39, 0.29) is 0 Å². The van der Waals surface area contributed by atoms with Crippen LogP contribution >= 0.6 is 0 Å². The molecule has 0 amide bonds. The van der Waals surface area contributed by atoms with Crippen molar-refractivity contribution in [2.75, 3.05) is 13.2 Å². The zero-order valence-corrected chi connectivity index (χ0v) is 9.42. The Balaban J connectivity index is 0.000000366. The summed E-state index contributed by atoms with van der Waals surface area (Å²) in [6.45, 7) is 2.19. The van der Waals surface area contributed by atoms with Gasteiger partial charge in [0.25, 0.3) is 6.47 Å². The van der Waals surface area contributed by atoms with E-state index in [1.807, 2.05) is 0 Å². The number of rotatable bonds is 4. The largest absolute Gasteiger partial charge is 0.473 e. The van der Waals surface area contributed by atoms with Crippen molar-refractivity contribution in [3.8, 4) is 0 Å². The standard InChI is InChI=1S/C8H15NO2.C2H2O4/c10-7-11-6-4-8-3-1-2-5-9-8;3-1(4)2(5)6/h7-9H,1-6H2;(H,3,4)(H,5,6). The predicted molar refractivity (Wildman–Crippen MR) is 57.5 cm³/mol. The highest BCUT2D eigenvalue weighted by molar-refractivity contribution is 6.27. The molecular formula is C10H17NO6. The summed E-state index contributed by atoms with van der Waals surface area (Å²) in [4.78, 5) is 28.0. The van der Waals surface area contributed by atoms with Gasteiger partial charge in [-0.15, -0.1) is 0 Å². The topological polar surface area (TPSA) is 113 Å². The number of carbonyl (C=O) groups excluding carboxylic acids is 1. The van der Waals surface area contributed by atoms with Gasteiger partial charge in [0, 0.05) is 6.04 Å². The van der Waals surface area contributed by atoms with Gasteiger partial charge in [0.1, 0.15) is 0 Å². The number of carbonyl (C=O) groups is 3. The van der Waals surface area contributed by atoms with Gasteiger partial charge >= 0.3 is 11.9 Å². The molecule has 17 heavy (non-hydrogen) atoms. The van der Waals surface area contributed by atoms with Crippen molar-refractivity contribution in [3.63, 3.8) is 0 Å². The first-order valence-electron chi connectivity index (χ1n) is 5.32. The lowest BCUT2D eigenvalue weighted by Crippen LogP contribution is -2.34. The van der Waals surface area contributed by atoms with Gasteiger partial charge in [-0.05, 0) is 25.8 Å². The second kappa shape index (κ2) is 9.59. The van der Waals surface area contributed by atoms with Crippen LogP contribution in [0, 0.1) is 0 Å². The average molecular weight is 247 g/mol. The van der Waals surface area contributed by atoms with Crippen LogP contribution in [0.2, 0.25) is 0 Å². The second-order valence-corrected chi connectivity index (χ2v) is 3.51. The quantitative estimate of drug-likeness (QED) is 0.359. The first-order chi connectivity index (χ1) is 8.07. The van der Waals surface area contributed by atoms with E-state index in [1.165, 1.54) is 19.3 Å². The molecule has 1 fully saturated rings. The molecule has 98 valence electrons. The van der Waals surface area contributed by atoms with Crippen LogP contribution < -0.4 is 5.32 Å². The van der Waals surface area contributed by atoms with Crippen molar-refractivity contribution in [1.82, 2.24) is 5.32 Å². The zero-order chi connectivity index (χ0) is 13.1. The Labute approximate surface area is 98.8 Å². The Kier molecular flexibility index (Phi) is 8.67. The minimum atomic E-state index is -1.82. The number of carboxylic acid groups (broad SMARTS) is 2. The summed E-state index contributed by atoms with van der Waals surface area (Å²) in [5.74, 6) is -3.65. The normalized spacial score (nSPS) is 18.5. The number of carboxylic acids is 2. The van der Waals surface area contributed by atoms with Gasteiger partial charge in [-0.2, -0.15) is 0 Å². The number of hydrogen-bond acceptors (Lipinski definition) is 5. The van der Waals surface area contributed by atoms with Crippen LogP contribution in [-0.2, 0) is 19.1 Å². The van der Waals surface area contributed by atoms with E-state index in [1.54, 1.807) is 0 Å². The lowest BCUT2D eigenvalue weighted by atomic mass is 10.0. The molecule has 1 rings (SSSR count). The van der Waals surface area contributed by atoms with E-state index in [0.717, 1.165) is 13.0 Å². The highest BCUT2D eigenvalue weighted by Crippen LogP contribution is 2.09. The summed E-state index contributed by atoms with van der Waals surface area (Å²) < 4.78 is 4.62. The Morgan fingerprint density at radius 1 is 1.29 bits per heavy atom. The average Bonchev–Trinajstić information content (AvgIpc) is 2.31. The van der Waals surface area contributed by atoms with Gasteiger partial charge in [-0.1, -0.05) is 6.42 Å². The number of aliphatic carboxylic acids is 2. The molecule has 0 aromatic rings. The zero-order valence-electron chi connectivity index (χ0n) is 9.42. The van der Waals surface area contributed by atoms with Crippen LogP contribution in [-0.4, -0.2) is 47.8 Å². The van der Waals surface area contributed by atoms with Gasteiger partial charge in [0.05, 0.1) is 6.61 Å². The lowest BCUT2D eigenvalue weighted by molar-refractivity contribution is -0.159. The van der Waals surface area contributed by atoms with Crippen LogP contribution in [0.4, 0.5) is 0 Å². The molecule has 7 heteroatoms. The smallest absolute Gasteiger partial charge is 0.414 e. The molecule has 0 aliphatic carbocycles. The first-order valence-corrected chi connectivity index (χ1v) is 5.32. The van der Waals surface area contributed by atoms with E-state index in [9.17, 15) is 4.79 Å². The van der Waals surface area contributed by atoms with Crippen LogP contribution in [0.15, 0.2) is 0 Å². The summed E-state index contributed by atoms with van der Waals surface area (Å²) in [6.07, 6.45) is 4.77. The summed E-state index contributed by atoms with van der Waals surface area (Å²) in [6, 6.07) is 0.573. The monoisotopic (exact) mass is 247 g/mol. The summed E-state index contributed by atoms with van der Waals surface area (Å²) in [5.41, 5.74) is 0. The Hall–Kier alpha value is -1.63. The van der Waals surface area contributed by atoms with Gasteiger partial charge in [0.15, 0.2) is 0 Å². The summed E-state index contributed by atoms with van der Waals surface area (Å²) >= 11 is 0. The van der Waals surface area contributed by atoms with Gasteiger partial charge in [-0.3, -0.25) is 4.79 Å². The SMILES string of the molecule is O=C(O)C(=O)O.O=COCCC1CCCCN1. The molecule has 1 saturated heterocycles. The molecule has 1 aliphatic rings. The van der Waals surface area contributed by atoms with Crippen molar-refractivity contribution in [1.29, 1.82) is 0 Å². The number of hydrogen-bond donors (Lipinski definition) is 3. The maximum Gasteiger partial charge on any atom is 0.414 e. The third-order valence-corrected chi connectivity index (χ3v) is 2.25. The van der Waals surface area contributed by atoms with Gasteiger partial charge in [-0.25, -0.2) is 9.59 Å².